The number of hydrogen-bond acceptors (Lipinski definition) is 3. The highest BCUT2D eigenvalue weighted by Crippen LogP contribution is 2.51. The Morgan fingerprint density at radius 3 is 1.42 bits per heavy atom. The fourth-order valence-electron chi connectivity index (χ4n) is 8.31. The fraction of sp³-hybridized carbons (Fsp3) is 0. The minimum atomic E-state index is 0.621. The van der Waals surface area contributed by atoms with Gasteiger partial charge in [-0.3, -0.25) is 0 Å². The van der Waals surface area contributed by atoms with E-state index in [9.17, 15) is 0 Å². The third-order valence-corrected chi connectivity index (χ3v) is 10.6. The van der Waals surface area contributed by atoms with Crippen molar-refractivity contribution in [2.75, 3.05) is 0 Å². The SMILES string of the molecule is c1ccc(-c2nc(-c3ccccc3)nc(-c3cccc(-c4ccccc4)c3-n3c4cccc5c4c4c6c(cccc6ccc43)-c3ccccc3-5)n2)cc1. The van der Waals surface area contributed by atoms with Gasteiger partial charge in [0.1, 0.15) is 0 Å². The predicted molar refractivity (Wildman–Crippen MR) is 218 cm³/mol. The Hall–Kier alpha value is -7.17. The largest absolute Gasteiger partial charge is 0.308 e. The molecule has 0 spiro atoms. The minimum Gasteiger partial charge on any atom is -0.308 e. The van der Waals surface area contributed by atoms with Crippen LogP contribution in [0.15, 0.2) is 182 Å². The Kier molecular flexibility index (Phi) is 6.52. The van der Waals surface area contributed by atoms with Crippen LogP contribution in [-0.2, 0) is 0 Å². The summed E-state index contributed by atoms with van der Waals surface area (Å²) in [5.74, 6) is 1.89. The average Bonchev–Trinajstić information content (AvgIpc) is 3.52. The zero-order valence-corrected chi connectivity index (χ0v) is 28.6. The molecule has 2 aromatic heterocycles. The van der Waals surface area contributed by atoms with Crippen molar-refractivity contribution in [3.05, 3.63) is 182 Å². The molecule has 0 aliphatic heterocycles. The molecule has 2 heterocycles. The number of benzene rings is 8. The van der Waals surface area contributed by atoms with Crippen molar-refractivity contribution < 1.29 is 0 Å². The van der Waals surface area contributed by atoms with E-state index in [1.807, 2.05) is 36.4 Å². The van der Waals surface area contributed by atoms with Gasteiger partial charge in [-0.1, -0.05) is 164 Å². The smallest absolute Gasteiger partial charge is 0.166 e. The standard InChI is InChI=1S/C49H30N4/c1-4-15-31(16-5-1)35-24-13-27-40(49-51-47(33-17-6-2-7-18-33)50-48(52-49)34-19-8-3-9-20-34)46(35)53-41-28-14-26-39-37-23-11-10-22-36(37)38-25-12-21-32-29-30-42(53)45(43(32)38)44(39)41/h1-30H. The second-order valence-corrected chi connectivity index (χ2v) is 13.6. The van der Waals surface area contributed by atoms with Crippen LogP contribution in [0, 0.1) is 0 Å². The molecule has 4 heteroatoms. The Balaban J connectivity index is 1.30. The first-order valence-electron chi connectivity index (χ1n) is 18.0. The molecule has 0 N–H and O–H groups in total. The molecule has 0 atom stereocenters. The van der Waals surface area contributed by atoms with E-state index in [2.05, 4.69) is 150 Å². The maximum absolute atomic E-state index is 5.25. The molecule has 0 saturated heterocycles. The van der Waals surface area contributed by atoms with Crippen LogP contribution in [-0.4, -0.2) is 19.5 Å². The summed E-state index contributed by atoms with van der Waals surface area (Å²) >= 11 is 0. The third-order valence-electron chi connectivity index (χ3n) is 10.6. The quantitative estimate of drug-likeness (QED) is 0.182. The molecular formula is C49H30N4. The van der Waals surface area contributed by atoms with Gasteiger partial charge in [0.05, 0.1) is 16.7 Å². The van der Waals surface area contributed by atoms with E-state index in [4.69, 9.17) is 15.0 Å². The summed E-state index contributed by atoms with van der Waals surface area (Å²) < 4.78 is 2.46. The minimum absolute atomic E-state index is 0.621. The number of para-hydroxylation sites is 1. The van der Waals surface area contributed by atoms with Gasteiger partial charge in [-0.15, -0.1) is 0 Å². The summed E-state index contributed by atoms with van der Waals surface area (Å²) in [6.45, 7) is 0. The lowest BCUT2D eigenvalue weighted by Gasteiger charge is -2.19. The molecule has 0 unspecified atom stereocenters. The van der Waals surface area contributed by atoms with E-state index in [-0.39, 0.29) is 0 Å². The summed E-state index contributed by atoms with van der Waals surface area (Å²) in [5, 5.41) is 5.03. The van der Waals surface area contributed by atoms with E-state index in [0.717, 1.165) is 44.5 Å². The normalized spacial score (nSPS) is 11.8. The molecular weight excluding hydrogens is 645 g/mol. The number of fused-ring (bicyclic) bond motifs is 3. The lowest BCUT2D eigenvalue weighted by atomic mass is 9.93. The molecule has 1 aliphatic carbocycles. The van der Waals surface area contributed by atoms with Crippen LogP contribution >= 0.6 is 0 Å². The summed E-state index contributed by atoms with van der Waals surface area (Å²) in [6.07, 6.45) is 0. The first kappa shape index (κ1) is 29.5. The Morgan fingerprint density at radius 2 is 0.755 bits per heavy atom. The molecule has 0 amide bonds. The maximum atomic E-state index is 5.25. The molecule has 0 bridgehead atoms. The molecule has 53 heavy (non-hydrogen) atoms. The molecule has 0 radical (unpaired) electrons. The van der Waals surface area contributed by atoms with E-state index >= 15 is 0 Å². The summed E-state index contributed by atoms with van der Waals surface area (Å²) in [7, 11) is 0. The number of rotatable bonds is 5. The van der Waals surface area contributed by atoms with Crippen molar-refractivity contribution in [1.29, 1.82) is 0 Å². The zero-order chi connectivity index (χ0) is 34.9. The Bertz CT molecular complexity index is 2980. The molecule has 0 fully saturated rings. The lowest BCUT2D eigenvalue weighted by Crippen LogP contribution is -2.05. The van der Waals surface area contributed by atoms with Gasteiger partial charge in [0, 0.05) is 33.0 Å². The van der Waals surface area contributed by atoms with Crippen molar-refractivity contribution in [3.8, 4) is 73.2 Å². The Morgan fingerprint density at radius 1 is 0.283 bits per heavy atom. The second-order valence-electron chi connectivity index (χ2n) is 13.6. The van der Waals surface area contributed by atoms with Crippen LogP contribution in [0.25, 0.3) is 106 Å². The summed E-state index contributed by atoms with van der Waals surface area (Å²) in [6, 6.07) is 64.4. The van der Waals surface area contributed by atoms with Crippen molar-refractivity contribution in [2.45, 2.75) is 0 Å². The fourth-order valence-corrected chi connectivity index (χ4v) is 8.31. The van der Waals surface area contributed by atoms with Crippen molar-refractivity contribution in [1.82, 2.24) is 19.5 Å². The van der Waals surface area contributed by atoms with Crippen LogP contribution < -0.4 is 0 Å². The molecule has 246 valence electrons. The van der Waals surface area contributed by atoms with E-state index in [1.165, 1.54) is 43.8 Å². The van der Waals surface area contributed by atoms with Crippen LogP contribution in [0.4, 0.5) is 0 Å². The first-order valence-corrected chi connectivity index (χ1v) is 18.0. The molecule has 10 aromatic rings. The topological polar surface area (TPSA) is 43.6 Å². The Labute approximate surface area is 306 Å². The summed E-state index contributed by atoms with van der Waals surface area (Å²) in [5.41, 5.74) is 13.3. The highest BCUT2D eigenvalue weighted by molar-refractivity contribution is 6.30. The van der Waals surface area contributed by atoms with Crippen molar-refractivity contribution in [2.24, 2.45) is 0 Å². The summed E-state index contributed by atoms with van der Waals surface area (Å²) in [4.78, 5) is 15.5. The molecule has 4 nitrogen and oxygen atoms in total. The van der Waals surface area contributed by atoms with Gasteiger partial charge < -0.3 is 4.57 Å². The predicted octanol–water partition coefficient (Wildman–Crippen LogP) is 12.4. The highest BCUT2D eigenvalue weighted by atomic mass is 15.1. The van der Waals surface area contributed by atoms with E-state index < -0.39 is 0 Å². The molecule has 0 saturated carbocycles. The van der Waals surface area contributed by atoms with Crippen LogP contribution in [0.5, 0.6) is 0 Å². The average molecular weight is 675 g/mol. The van der Waals surface area contributed by atoms with E-state index in [0.29, 0.717) is 17.5 Å². The zero-order valence-electron chi connectivity index (χ0n) is 28.6. The van der Waals surface area contributed by atoms with Gasteiger partial charge in [0.2, 0.25) is 0 Å². The first-order chi connectivity index (χ1) is 26.3. The highest BCUT2D eigenvalue weighted by Gasteiger charge is 2.27. The number of hydrogen-bond donors (Lipinski definition) is 0. The van der Waals surface area contributed by atoms with Gasteiger partial charge >= 0.3 is 0 Å². The second kappa shape index (κ2) is 11.7. The van der Waals surface area contributed by atoms with Gasteiger partial charge in [-0.25, -0.2) is 15.0 Å². The molecule has 8 aromatic carbocycles. The van der Waals surface area contributed by atoms with Crippen molar-refractivity contribution in [3.63, 3.8) is 0 Å². The van der Waals surface area contributed by atoms with Gasteiger partial charge in [-0.2, -0.15) is 0 Å². The maximum Gasteiger partial charge on any atom is 0.166 e. The van der Waals surface area contributed by atoms with Crippen molar-refractivity contribution >= 4 is 32.6 Å². The van der Waals surface area contributed by atoms with Gasteiger partial charge in [0.25, 0.3) is 0 Å². The molecule has 11 rings (SSSR count). The van der Waals surface area contributed by atoms with E-state index in [1.54, 1.807) is 0 Å². The monoisotopic (exact) mass is 674 g/mol. The third kappa shape index (κ3) is 4.52. The number of nitrogens with zero attached hydrogens (tertiary/aromatic N) is 4. The van der Waals surface area contributed by atoms with Crippen LogP contribution in [0.1, 0.15) is 0 Å². The lowest BCUT2D eigenvalue weighted by molar-refractivity contribution is 1.06. The van der Waals surface area contributed by atoms with Crippen LogP contribution in [0.3, 0.4) is 0 Å². The van der Waals surface area contributed by atoms with Gasteiger partial charge in [-0.05, 0) is 56.8 Å². The van der Waals surface area contributed by atoms with Gasteiger partial charge in [0.15, 0.2) is 17.5 Å². The van der Waals surface area contributed by atoms with Crippen LogP contribution in [0.2, 0.25) is 0 Å². The number of aromatic nitrogens is 4. The molecule has 1 aliphatic rings.